The fourth-order valence-corrected chi connectivity index (χ4v) is 2.85. The van der Waals surface area contributed by atoms with Gasteiger partial charge in [0.2, 0.25) is 12.0 Å². The Kier molecular flexibility index (Phi) is 4.81. The summed E-state index contributed by atoms with van der Waals surface area (Å²) in [5, 5.41) is 16.0. The number of aryl methyl sites for hydroxylation is 1. The van der Waals surface area contributed by atoms with Crippen LogP contribution in [0.5, 0.6) is 0 Å². The first kappa shape index (κ1) is 18.8. The molecule has 8 nitrogen and oxygen atoms in total. The lowest BCUT2D eigenvalue weighted by Crippen LogP contribution is -2.15. The Morgan fingerprint density at radius 3 is 2.93 bits per heavy atom. The fourth-order valence-electron chi connectivity index (χ4n) is 2.85. The smallest absolute Gasteiger partial charge is 0.274 e. The number of rotatable bonds is 5. The number of aromatic nitrogens is 4. The number of carbonyl (C=O) groups is 1. The Bertz CT molecular complexity index is 1180. The Balaban J connectivity index is 1.61. The molecule has 0 saturated heterocycles. The van der Waals surface area contributed by atoms with Crippen molar-refractivity contribution in [2.75, 3.05) is 5.32 Å². The van der Waals surface area contributed by atoms with Crippen LogP contribution < -0.4 is 5.32 Å². The maximum Gasteiger partial charge on any atom is 0.274 e. The Hall–Kier alpha value is -3.59. The number of hydrogen-bond donors (Lipinski definition) is 2. The van der Waals surface area contributed by atoms with Crippen LogP contribution in [0.1, 0.15) is 35.0 Å². The second kappa shape index (κ2) is 7.44. The first-order valence-corrected chi connectivity index (χ1v) is 8.94. The van der Waals surface area contributed by atoms with Crippen molar-refractivity contribution in [2.24, 2.45) is 0 Å². The van der Waals surface area contributed by atoms with Gasteiger partial charge in [-0.2, -0.15) is 4.98 Å². The van der Waals surface area contributed by atoms with Gasteiger partial charge in [-0.05, 0) is 37.6 Å². The zero-order chi connectivity index (χ0) is 20.5. The maximum atomic E-state index is 13.9. The van der Waals surface area contributed by atoms with Crippen LogP contribution in [0.4, 0.5) is 10.1 Å². The van der Waals surface area contributed by atoms with Gasteiger partial charge >= 0.3 is 0 Å². The molecule has 1 aromatic carbocycles. The van der Waals surface area contributed by atoms with Gasteiger partial charge in [0.1, 0.15) is 11.3 Å². The number of hydrogen-bond acceptors (Lipinski definition) is 6. The lowest BCUT2D eigenvalue weighted by atomic mass is 10.1. The van der Waals surface area contributed by atoms with Crippen molar-refractivity contribution in [3.05, 3.63) is 65.9 Å². The van der Waals surface area contributed by atoms with E-state index in [2.05, 4.69) is 20.4 Å². The lowest BCUT2D eigenvalue weighted by Gasteiger charge is -2.09. The third kappa shape index (κ3) is 3.59. The van der Waals surface area contributed by atoms with Crippen molar-refractivity contribution in [3.8, 4) is 11.4 Å². The number of nitrogens with one attached hydrogen (secondary N) is 1. The highest BCUT2D eigenvalue weighted by molar-refractivity contribution is 6.04. The van der Waals surface area contributed by atoms with E-state index in [9.17, 15) is 14.3 Å². The number of carbonyl (C=O) groups excluding carboxylic acids is 1. The molecule has 29 heavy (non-hydrogen) atoms. The third-order valence-corrected chi connectivity index (χ3v) is 4.49. The van der Waals surface area contributed by atoms with Crippen molar-refractivity contribution in [3.63, 3.8) is 0 Å². The van der Waals surface area contributed by atoms with E-state index in [1.165, 1.54) is 13.1 Å². The quantitative estimate of drug-likeness (QED) is 0.537. The van der Waals surface area contributed by atoms with Gasteiger partial charge in [0.25, 0.3) is 11.8 Å². The van der Waals surface area contributed by atoms with Crippen LogP contribution in [0.25, 0.3) is 17.0 Å². The first-order chi connectivity index (χ1) is 13.9. The molecule has 4 aromatic rings. The second-order valence-electron chi connectivity index (χ2n) is 6.65. The molecule has 0 aliphatic rings. The van der Waals surface area contributed by atoms with Gasteiger partial charge in [-0.3, -0.25) is 9.20 Å². The number of halogens is 1. The van der Waals surface area contributed by atoms with Gasteiger partial charge in [0, 0.05) is 17.4 Å². The van der Waals surface area contributed by atoms with E-state index in [-0.39, 0.29) is 17.6 Å². The summed E-state index contributed by atoms with van der Waals surface area (Å²) in [5.41, 5.74) is 2.98. The van der Waals surface area contributed by atoms with E-state index in [4.69, 9.17) is 4.52 Å². The molecule has 3 heterocycles. The molecule has 148 valence electrons. The van der Waals surface area contributed by atoms with Crippen molar-refractivity contribution in [2.45, 2.75) is 26.1 Å². The molecule has 0 aliphatic carbocycles. The first-order valence-electron chi connectivity index (χ1n) is 8.94. The Morgan fingerprint density at radius 2 is 2.14 bits per heavy atom. The number of fused-ring (bicyclic) bond motifs is 1. The van der Waals surface area contributed by atoms with Crippen LogP contribution in [-0.4, -0.2) is 36.6 Å². The molecule has 2 N–H and O–H groups in total. The topological polar surface area (TPSA) is 106 Å². The number of pyridine rings is 1. The maximum absolute atomic E-state index is 13.9. The van der Waals surface area contributed by atoms with Crippen molar-refractivity contribution < 1.29 is 18.8 Å². The zero-order valence-electron chi connectivity index (χ0n) is 15.7. The molecular formula is C20H18FN5O3. The molecule has 1 amide bonds. The molecular weight excluding hydrogens is 377 g/mol. The van der Waals surface area contributed by atoms with E-state index in [0.717, 1.165) is 5.56 Å². The fraction of sp³-hybridized carbons (Fsp3) is 0.200. The molecule has 0 saturated carbocycles. The van der Waals surface area contributed by atoms with Crippen LogP contribution in [-0.2, 0) is 0 Å². The highest BCUT2D eigenvalue weighted by atomic mass is 19.1. The monoisotopic (exact) mass is 395 g/mol. The van der Waals surface area contributed by atoms with E-state index >= 15 is 0 Å². The van der Waals surface area contributed by atoms with Crippen molar-refractivity contribution in [1.82, 2.24) is 19.5 Å². The third-order valence-electron chi connectivity index (χ3n) is 4.49. The number of aliphatic hydroxyl groups is 1. The summed E-state index contributed by atoms with van der Waals surface area (Å²) in [4.78, 5) is 21.0. The summed E-state index contributed by atoms with van der Waals surface area (Å²) in [5.74, 6) is -0.462. The minimum atomic E-state index is -1.77. The van der Waals surface area contributed by atoms with Crippen molar-refractivity contribution in [1.29, 1.82) is 0 Å². The molecule has 4 rings (SSSR count). The molecule has 2 atom stereocenters. The van der Waals surface area contributed by atoms with Gasteiger partial charge in [0.05, 0.1) is 12.3 Å². The molecule has 1 unspecified atom stereocenters. The average Bonchev–Trinajstić information content (AvgIpc) is 3.36. The van der Waals surface area contributed by atoms with E-state index in [1.54, 1.807) is 28.8 Å². The standard InChI is InChI=1S/C20H18FN5O3/c1-11-6-7-13(18-24-20(29-25-18)17(21)12(2)27)9-14(11)23-19(28)15-10-22-16-5-3-4-8-26(15)16/h3-10,12,17,27H,1-2H3,(H,23,28)/t12-,17?/m0/s1. The van der Waals surface area contributed by atoms with Crippen LogP contribution in [0.2, 0.25) is 0 Å². The van der Waals surface area contributed by atoms with Crippen LogP contribution in [0.15, 0.2) is 53.3 Å². The average molecular weight is 395 g/mol. The Morgan fingerprint density at radius 1 is 1.31 bits per heavy atom. The van der Waals surface area contributed by atoms with Gasteiger partial charge in [-0.25, -0.2) is 9.37 Å². The van der Waals surface area contributed by atoms with Crippen molar-refractivity contribution >= 4 is 17.2 Å². The van der Waals surface area contributed by atoms with Crippen LogP contribution in [0, 0.1) is 6.92 Å². The lowest BCUT2D eigenvalue weighted by molar-refractivity contribution is 0.0716. The molecule has 0 aliphatic heterocycles. The number of benzene rings is 1. The highest BCUT2D eigenvalue weighted by Gasteiger charge is 2.24. The normalized spacial score (nSPS) is 13.4. The van der Waals surface area contributed by atoms with Crippen LogP contribution in [0.3, 0.4) is 0 Å². The van der Waals surface area contributed by atoms with Gasteiger partial charge < -0.3 is 14.9 Å². The number of alkyl halides is 1. The second-order valence-corrected chi connectivity index (χ2v) is 6.65. The summed E-state index contributed by atoms with van der Waals surface area (Å²) in [6.07, 6.45) is 0.238. The predicted molar refractivity (Wildman–Crippen MR) is 103 cm³/mol. The van der Waals surface area contributed by atoms with Gasteiger partial charge in [0.15, 0.2) is 0 Å². The summed E-state index contributed by atoms with van der Waals surface area (Å²) >= 11 is 0. The Labute approximate surface area is 165 Å². The molecule has 3 aromatic heterocycles. The number of aliphatic hydroxyl groups excluding tert-OH is 1. The zero-order valence-corrected chi connectivity index (χ0v) is 15.7. The largest absolute Gasteiger partial charge is 0.390 e. The molecule has 9 heteroatoms. The highest BCUT2D eigenvalue weighted by Crippen LogP contribution is 2.27. The molecule has 0 spiro atoms. The summed E-state index contributed by atoms with van der Waals surface area (Å²) < 4.78 is 20.5. The number of amides is 1. The minimum Gasteiger partial charge on any atom is -0.390 e. The molecule has 0 bridgehead atoms. The van der Waals surface area contributed by atoms with E-state index in [0.29, 0.717) is 22.6 Å². The van der Waals surface area contributed by atoms with Crippen LogP contribution >= 0.6 is 0 Å². The minimum absolute atomic E-state index is 0.161. The summed E-state index contributed by atoms with van der Waals surface area (Å²) in [6.45, 7) is 3.15. The molecule has 0 radical (unpaired) electrons. The van der Waals surface area contributed by atoms with Gasteiger partial charge in [-0.1, -0.05) is 23.4 Å². The summed E-state index contributed by atoms with van der Waals surface area (Å²) in [6, 6.07) is 10.7. The number of imidazole rings is 1. The summed E-state index contributed by atoms with van der Waals surface area (Å²) in [7, 11) is 0. The number of nitrogens with zero attached hydrogens (tertiary/aromatic N) is 4. The SMILES string of the molecule is Cc1ccc(-c2noc(C(F)[C@H](C)O)n2)cc1NC(=O)c1cnc2ccccn12. The van der Waals surface area contributed by atoms with E-state index in [1.807, 2.05) is 25.1 Å². The van der Waals surface area contributed by atoms with Gasteiger partial charge in [-0.15, -0.1) is 0 Å². The van der Waals surface area contributed by atoms with E-state index < -0.39 is 12.3 Å². The number of anilines is 1. The predicted octanol–water partition coefficient (Wildman–Crippen LogP) is 3.34. The molecule has 0 fully saturated rings.